The van der Waals surface area contributed by atoms with E-state index in [-0.39, 0.29) is 0 Å². The maximum absolute atomic E-state index is 9.34. The molecule has 0 spiro atoms. The van der Waals surface area contributed by atoms with Crippen molar-refractivity contribution in [2.24, 2.45) is 0 Å². The number of hydrogen-bond donors (Lipinski definition) is 0. The van der Waals surface area contributed by atoms with Gasteiger partial charge in [0.15, 0.2) is 0 Å². The lowest BCUT2D eigenvalue weighted by atomic mass is 10.0. The van der Waals surface area contributed by atoms with Crippen LogP contribution < -0.4 is 4.74 Å². The molecule has 100 valence electrons. The molecular weight excluding hydrogens is 270 g/mol. The molecule has 0 amide bonds. The fourth-order valence-corrected chi connectivity index (χ4v) is 2.05. The van der Waals surface area contributed by atoms with Crippen LogP contribution in [0.1, 0.15) is 18.1 Å². The van der Waals surface area contributed by atoms with Gasteiger partial charge in [-0.25, -0.2) is 0 Å². The number of rotatable bonds is 4. The smallest absolute Gasteiger partial charge is 0.126 e. The first-order valence-corrected chi connectivity index (χ1v) is 6.72. The zero-order valence-corrected chi connectivity index (χ0v) is 11.9. The lowest BCUT2D eigenvalue weighted by molar-refractivity contribution is 0.339. The van der Waals surface area contributed by atoms with Crippen molar-refractivity contribution < 1.29 is 4.74 Å². The quantitative estimate of drug-likeness (QED) is 0.596. The van der Waals surface area contributed by atoms with Crippen LogP contribution in [0.3, 0.4) is 0 Å². The number of ether oxygens (including phenoxy) is 1. The number of allylic oxidation sites excluding steroid dienone is 1. The van der Waals surface area contributed by atoms with Crippen LogP contribution in [0.5, 0.6) is 5.75 Å². The van der Waals surface area contributed by atoms with Gasteiger partial charge < -0.3 is 4.74 Å². The van der Waals surface area contributed by atoms with E-state index in [0.29, 0.717) is 17.2 Å². The molecule has 0 N–H and O–H groups in total. The third-order valence-corrected chi connectivity index (χ3v) is 3.01. The molecule has 0 unspecified atom stereocenters. The molecule has 2 aromatic rings. The minimum atomic E-state index is 0.565. The van der Waals surface area contributed by atoms with E-state index < -0.39 is 0 Å². The minimum Gasteiger partial charge on any atom is -0.493 e. The van der Waals surface area contributed by atoms with Gasteiger partial charge in [-0.1, -0.05) is 41.9 Å². The summed E-state index contributed by atoms with van der Waals surface area (Å²) < 4.78 is 5.56. The highest BCUT2D eigenvalue weighted by molar-refractivity contribution is 6.30. The molecule has 0 bridgehead atoms. The van der Waals surface area contributed by atoms with E-state index >= 15 is 0 Å². The van der Waals surface area contributed by atoms with E-state index in [1.54, 1.807) is 18.2 Å². The highest BCUT2D eigenvalue weighted by Crippen LogP contribution is 2.27. The summed E-state index contributed by atoms with van der Waals surface area (Å²) in [5.74, 6) is 0.723. The van der Waals surface area contributed by atoms with Gasteiger partial charge in [-0.3, -0.25) is 0 Å². The van der Waals surface area contributed by atoms with E-state index in [1.165, 1.54) is 0 Å². The van der Waals surface area contributed by atoms with Crippen molar-refractivity contribution in [3.05, 3.63) is 64.7 Å². The first-order valence-electron chi connectivity index (χ1n) is 6.34. The molecule has 2 nitrogen and oxygen atoms in total. The molecule has 0 saturated heterocycles. The number of nitrogens with zero attached hydrogens (tertiary/aromatic N) is 1. The van der Waals surface area contributed by atoms with Gasteiger partial charge in [0.25, 0.3) is 0 Å². The van der Waals surface area contributed by atoms with Crippen LogP contribution in [0.2, 0.25) is 5.02 Å². The summed E-state index contributed by atoms with van der Waals surface area (Å²) in [6.07, 6.45) is 1.80. The van der Waals surface area contributed by atoms with Gasteiger partial charge in [0, 0.05) is 10.6 Å². The van der Waals surface area contributed by atoms with Crippen molar-refractivity contribution in [2.75, 3.05) is 6.61 Å². The lowest BCUT2D eigenvalue weighted by Gasteiger charge is -2.08. The van der Waals surface area contributed by atoms with Crippen LogP contribution in [0.25, 0.3) is 11.6 Å². The van der Waals surface area contributed by atoms with Crippen molar-refractivity contribution in [3.8, 4) is 11.8 Å². The number of nitriles is 1. The average molecular weight is 284 g/mol. The third kappa shape index (κ3) is 3.40. The van der Waals surface area contributed by atoms with Crippen molar-refractivity contribution in [3.63, 3.8) is 0 Å². The molecule has 0 fully saturated rings. The Morgan fingerprint density at radius 3 is 2.65 bits per heavy atom. The Morgan fingerprint density at radius 1 is 1.25 bits per heavy atom. The Hall–Kier alpha value is -2.24. The standard InChI is InChI=1S/C17H14ClNO/c1-2-20-17-9-8-16(18)11-14(17)10-15(12-19)13-6-4-3-5-7-13/h3-11H,2H2,1H3. The molecule has 2 aromatic carbocycles. The van der Waals surface area contributed by atoms with Crippen LogP contribution in [0.4, 0.5) is 0 Å². The van der Waals surface area contributed by atoms with E-state index in [9.17, 15) is 5.26 Å². The molecule has 0 aromatic heterocycles. The summed E-state index contributed by atoms with van der Waals surface area (Å²) in [4.78, 5) is 0. The minimum absolute atomic E-state index is 0.565. The molecular formula is C17H14ClNO. The third-order valence-electron chi connectivity index (χ3n) is 2.78. The second-order valence-corrected chi connectivity index (χ2v) is 4.59. The largest absolute Gasteiger partial charge is 0.493 e. The predicted octanol–water partition coefficient (Wildman–Crippen LogP) is 4.80. The topological polar surface area (TPSA) is 33.0 Å². The normalized spacial score (nSPS) is 10.9. The average Bonchev–Trinajstić information content (AvgIpc) is 2.48. The first kappa shape index (κ1) is 14.2. The van der Waals surface area contributed by atoms with Crippen LogP contribution in [-0.4, -0.2) is 6.61 Å². The summed E-state index contributed by atoms with van der Waals surface area (Å²) in [5.41, 5.74) is 2.26. The fraction of sp³-hybridized carbons (Fsp3) is 0.118. The van der Waals surface area contributed by atoms with Crippen molar-refractivity contribution in [1.29, 1.82) is 5.26 Å². The van der Waals surface area contributed by atoms with Crippen molar-refractivity contribution in [1.82, 2.24) is 0 Å². The zero-order valence-electron chi connectivity index (χ0n) is 11.1. The van der Waals surface area contributed by atoms with Crippen molar-refractivity contribution in [2.45, 2.75) is 6.92 Å². The molecule has 0 heterocycles. The highest BCUT2D eigenvalue weighted by Gasteiger charge is 2.06. The van der Waals surface area contributed by atoms with E-state index in [4.69, 9.17) is 16.3 Å². The summed E-state index contributed by atoms with van der Waals surface area (Å²) in [5, 5.41) is 9.95. The molecule has 2 rings (SSSR count). The van der Waals surface area contributed by atoms with Crippen LogP contribution >= 0.6 is 11.6 Å². The molecule has 0 aliphatic heterocycles. The van der Waals surface area contributed by atoms with Crippen LogP contribution in [0.15, 0.2) is 48.5 Å². The van der Waals surface area contributed by atoms with Crippen molar-refractivity contribution >= 4 is 23.3 Å². The van der Waals surface area contributed by atoms with E-state index in [1.807, 2.05) is 43.3 Å². The molecule has 0 saturated carbocycles. The number of benzene rings is 2. The summed E-state index contributed by atoms with van der Waals surface area (Å²) >= 11 is 6.02. The van der Waals surface area contributed by atoms with Gasteiger partial charge in [-0.15, -0.1) is 0 Å². The Labute approximate surface area is 123 Å². The Bertz CT molecular complexity index is 656. The van der Waals surface area contributed by atoms with Gasteiger partial charge in [-0.2, -0.15) is 5.26 Å². The summed E-state index contributed by atoms with van der Waals surface area (Å²) in [6.45, 7) is 2.49. The molecule has 0 aliphatic rings. The molecule has 20 heavy (non-hydrogen) atoms. The lowest BCUT2D eigenvalue weighted by Crippen LogP contribution is -1.94. The van der Waals surface area contributed by atoms with Crippen LogP contribution in [-0.2, 0) is 0 Å². The predicted molar refractivity (Wildman–Crippen MR) is 82.5 cm³/mol. The Balaban J connectivity index is 2.47. The van der Waals surface area contributed by atoms with Gasteiger partial charge in [0.2, 0.25) is 0 Å². The molecule has 0 aliphatic carbocycles. The first-order chi connectivity index (χ1) is 9.74. The Kier molecular flexibility index (Phi) is 4.81. The monoisotopic (exact) mass is 283 g/mol. The van der Waals surface area contributed by atoms with Gasteiger partial charge >= 0.3 is 0 Å². The maximum atomic E-state index is 9.34. The number of hydrogen-bond acceptors (Lipinski definition) is 2. The fourth-order valence-electron chi connectivity index (χ4n) is 1.87. The maximum Gasteiger partial charge on any atom is 0.126 e. The Morgan fingerprint density at radius 2 is 2.00 bits per heavy atom. The van der Waals surface area contributed by atoms with Gasteiger partial charge in [0.1, 0.15) is 5.75 Å². The van der Waals surface area contributed by atoms with Gasteiger partial charge in [-0.05, 0) is 36.8 Å². The molecule has 0 atom stereocenters. The SMILES string of the molecule is CCOc1ccc(Cl)cc1C=C(C#N)c1ccccc1. The second-order valence-electron chi connectivity index (χ2n) is 4.15. The second kappa shape index (κ2) is 6.79. The molecule has 3 heteroatoms. The van der Waals surface area contributed by atoms with Gasteiger partial charge in [0.05, 0.1) is 18.2 Å². The summed E-state index contributed by atoms with van der Waals surface area (Å²) in [6, 6.07) is 17.1. The highest BCUT2D eigenvalue weighted by atomic mass is 35.5. The van der Waals surface area contributed by atoms with Crippen LogP contribution in [0, 0.1) is 11.3 Å². The molecule has 0 radical (unpaired) electrons. The van der Waals surface area contributed by atoms with E-state index in [2.05, 4.69) is 6.07 Å². The zero-order chi connectivity index (χ0) is 14.4. The van der Waals surface area contributed by atoms with E-state index in [0.717, 1.165) is 16.9 Å². The number of halogens is 1. The summed E-state index contributed by atoms with van der Waals surface area (Å²) in [7, 11) is 0.